The zero-order valence-electron chi connectivity index (χ0n) is 12.1. The number of amides is 1. The summed E-state index contributed by atoms with van der Waals surface area (Å²) in [4.78, 5) is 12.2. The second-order valence-corrected chi connectivity index (χ2v) is 6.97. The third-order valence-electron chi connectivity index (χ3n) is 4.00. The molecule has 106 valence electrons. The van der Waals surface area contributed by atoms with E-state index in [4.69, 9.17) is 5.73 Å². The summed E-state index contributed by atoms with van der Waals surface area (Å²) in [7, 11) is 0. The fourth-order valence-electron chi connectivity index (χ4n) is 2.69. The molecule has 3 unspecified atom stereocenters. The van der Waals surface area contributed by atoms with Crippen LogP contribution in [0.2, 0.25) is 0 Å². The first-order valence-electron chi connectivity index (χ1n) is 6.89. The van der Waals surface area contributed by atoms with E-state index in [2.05, 4.69) is 12.2 Å². The molecule has 18 heavy (non-hydrogen) atoms. The predicted molar refractivity (Wildman–Crippen MR) is 73.0 cm³/mol. The van der Waals surface area contributed by atoms with Crippen molar-refractivity contribution in [1.29, 1.82) is 0 Å². The van der Waals surface area contributed by atoms with Crippen LogP contribution >= 0.6 is 0 Å². The van der Waals surface area contributed by atoms with Gasteiger partial charge in [0, 0.05) is 0 Å². The monoisotopic (exact) mass is 256 g/mol. The highest BCUT2D eigenvalue weighted by molar-refractivity contribution is 5.83. The minimum atomic E-state index is -0.543. The van der Waals surface area contributed by atoms with Gasteiger partial charge in [-0.3, -0.25) is 4.79 Å². The van der Waals surface area contributed by atoms with E-state index in [1.165, 1.54) is 6.42 Å². The molecule has 4 nitrogen and oxygen atoms in total. The highest BCUT2D eigenvalue weighted by Gasteiger charge is 2.38. The van der Waals surface area contributed by atoms with Crippen LogP contribution < -0.4 is 11.1 Å². The Morgan fingerprint density at radius 2 is 2.17 bits per heavy atom. The van der Waals surface area contributed by atoms with Gasteiger partial charge in [-0.1, -0.05) is 40.5 Å². The molecule has 0 aromatic rings. The second-order valence-electron chi connectivity index (χ2n) is 6.97. The molecule has 1 saturated carbocycles. The van der Waals surface area contributed by atoms with Crippen molar-refractivity contribution < 1.29 is 9.90 Å². The van der Waals surface area contributed by atoms with E-state index in [9.17, 15) is 9.90 Å². The Morgan fingerprint density at radius 1 is 1.56 bits per heavy atom. The molecule has 0 radical (unpaired) electrons. The van der Waals surface area contributed by atoms with Gasteiger partial charge < -0.3 is 16.2 Å². The van der Waals surface area contributed by atoms with Crippen molar-refractivity contribution in [3.05, 3.63) is 0 Å². The molecule has 3 atom stereocenters. The maximum Gasteiger partial charge on any atom is 0.237 e. The summed E-state index contributed by atoms with van der Waals surface area (Å²) in [6.07, 6.45) is 3.90. The number of aliphatic hydroxyl groups is 1. The minimum Gasteiger partial charge on any atom is -0.394 e. The summed E-state index contributed by atoms with van der Waals surface area (Å²) < 4.78 is 0. The molecule has 0 aromatic heterocycles. The van der Waals surface area contributed by atoms with Gasteiger partial charge in [0.15, 0.2) is 0 Å². The van der Waals surface area contributed by atoms with Crippen LogP contribution in [0.25, 0.3) is 0 Å². The lowest BCUT2D eigenvalue weighted by Crippen LogP contribution is -2.59. The lowest BCUT2D eigenvalue weighted by Gasteiger charge is -2.41. The molecule has 4 N–H and O–H groups in total. The zero-order valence-corrected chi connectivity index (χ0v) is 12.1. The Labute approximate surface area is 110 Å². The van der Waals surface area contributed by atoms with E-state index in [1.54, 1.807) is 0 Å². The van der Waals surface area contributed by atoms with E-state index in [0.717, 1.165) is 19.3 Å². The topological polar surface area (TPSA) is 75.3 Å². The number of nitrogens with two attached hydrogens (primary N) is 1. The molecule has 0 aromatic carbocycles. The summed E-state index contributed by atoms with van der Waals surface area (Å²) in [6, 6.07) is -0.543. The maximum atomic E-state index is 12.2. The average molecular weight is 256 g/mol. The Balaban J connectivity index is 2.71. The molecule has 0 spiro atoms. The summed E-state index contributed by atoms with van der Waals surface area (Å²) >= 11 is 0. The number of rotatable bonds is 3. The fourth-order valence-corrected chi connectivity index (χ4v) is 2.69. The van der Waals surface area contributed by atoms with E-state index < -0.39 is 11.6 Å². The van der Waals surface area contributed by atoms with Crippen LogP contribution in [0.15, 0.2) is 0 Å². The average Bonchev–Trinajstić information content (AvgIpc) is 2.26. The number of carbonyl (C=O) groups is 1. The maximum absolute atomic E-state index is 12.2. The van der Waals surface area contributed by atoms with E-state index in [0.29, 0.717) is 5.92 Å². The molecule has 0 bridgehead atoms. The number of hydrogen-bond donors (Lipinski definition) is 3. The first-order valence-corrected chi connectivity index (χ1v) is 6.89. The Hall–Kier alpha value is -0.610. The van der Waals surface area contributed by atoms with E-state index in [-0.39, 0.29) is 17.9 Å². The standard InChI is InChI=1S/C14H28N2O2/c1-10-6-5-7-14(8-10,9-17)16-12(18)11(15)13(2,3)4/h10-11,17H,5-9,15H2,1-4H3,(H,16,18). The molecular weight excluding hydrogens is 228 g/mol. The molecule has 0 heterocycles. The van der Waals surface area contributed by atoms with Gasteiger partial charge >= 0.3 is 0 Å². The molecule has 1 fully saturated rings. The summed E-state index contributed by atoms with van der Waals surface area (Å²) in [5, 5.41) is 12.6. The Kier molecular flexibility index (Phi) is 4.78. The van der Waals surface area contributed by atoms with Gasteiger partial charge in [0.05, 0.1) is 18.2 Å². The molecule has 4 heteroatoms. The van der Waals surface area contributed by atoms with Crippen LogP contribution in [0.3, 0.4) is 0 Å². The zero-order chi connectivity index (χ0) is 14.0. The van der Waals surface area contributed by atoms with Crippen molar-refractivity contribution in [2.75, 3.05) is 6.61 Å². The van der Waals surface area contributed by atoms with Gasteiger partial charge in [0.25, 0.3) is 0 Å². The van der Waals surface area contributed by atoms with Crippen LogP contribution in [-0.2, 0) is 4.79 Å². The summed E-state index contributed by atoms with van der Waals surface area (Å²) in [5.41, 5.74) is 5.24. The van der Waals surface area contributed by atoms with Crippen molar-refractivity contribution in [3.8, 4) is 0 Å². The lowest BCUT2D eigenvalue weighted by atomic mass is 9.76. The number of aliphatic hydroxyl groups excluding tert-OH is 1. The van der Waals surface area contributed by atoms with Crippen molar-refractivity contribution >= 4 is 5.91 Å². The quantitative estimate of drug-likeness (QED) is 0.715. The summed E-state index contributed by atoms with van der Waals surface area (Å²) in [6.45, 7) is 8.02. The highest BCUT2D eigenvalue weighted by atomic mass is 16.3. The fraction of sp³-hybridized carbons (Fsp3) is 0.929. The van der Waals surface area contributed by atoms with Gasteiger partial charge in [0.2, 0.25) is 5.91 Å². The Morgan fingerprint density at radius 3 is 2.61 bits per heavy atom. The minimum absolute atomic E-state index is 0.0000567. The molecule has 1 amide bonds. The lowest BCUT2D eigenvalue weighted by molar-refractivity contribution is -0.127. The van der Waals surface area contributed by atoms with Gasteiger partial charge in [-0.2, -0.15) is 0 Å². The summed E-state index contributed by atoms with van der Waals surface area (Å²) in [5.74, 6) is 0.391. The SMILES string of the molecule is CC1CCCC(CO)(NC(=O)C(N)C(C)(C)C)C1. The number of hydrogen-bond acceptors (Lipinski definition) is 3. The largest absolute Gasteiger partial charge is 0.394 e. The van der Waals surface area contributed by atoms with Gasteiger partial charge in [0.1, 0.15) is 0 Å². The number of nitrogens with one attached hydrogen (secondary N) is 1. The van der Waals surface area contributed by atoms with Crippen molar-refractivity contribution in [2.24, 2.45) is 17.1 Å². The predicted octanol–water partition coefficient (Wildman–Crippen LogP) is 1.42. The van der Waals surface area contributed by atoms with Gasteiger partial charge in [-0.05, 0) is 24.2 Å². The Bertz CT molecular complexity index is 299. The normalized spacial score (nSPS) is 30.9. The first kappa shape index (κ1) is 15.4. The molecule has 0 saturated heterocycles. The third-order valence-corrected chi connectivity index (χ3v) is 4.00. The second kappa shape index (κ2) is 5.57. The van der Waals surface area contributed by atoms with E-state index >= 15 is 0 Å². The van der Waals surface area contributed by atoms with Crippen molar-refractivity contribution in [1.82, 2.24) is 5.32 Å². The molecule has 1 aliphatic rings. The van der Waals surface area contributed by atoms with Crippen LogP contribution in [0.1, 0.15) is 53.4 Å². The van der Waals surface area contributed by atoms with Crippen molar-refractivity contribution in [3.63, 3.8) is 0 Å². The highest BCUT2D eigenvalue weighted by Crippen LogP contribution is 2.32. The van der Waals surface area contributed by atoms with Crippen LogP contribution in [0, 0.1) is 11.3 Å². The van der Waals surface area contributed by atoms with Crippen LogP contribution in [0.4, 0.5) is 0 Å². The van der Waals surface area contributed by atoms with E-state index in [1.807, 2.05) is 20.8 Å². The molecule has 0 aliphatic heterocycles. The van der Waals surface area contributed by atoms with Crippen LogP contribution in [0.5, 0.6) is 0 Å². The molecular formula is C14H28N2O2. The van der Waals surface area contributed by atoms with Gasteiger partial charge in [-0.25, -0.2) is 0 Å². The smallest absolute Gasteiger partial charge is 0.237 e. The first-order chi connectivity index (χ1) is 8.20. The third kappa shape index (κ3) is 3.69. The van der Waals surface area contributed by atoms with Gasteiger partial charge in [-0.15, -0.1) is 0 Å². The van der Waals surface area contributed by atoms with Crippen LogP contribution in [-0.4, -0.2) is 29.2 Å². The number of carbonyl (C=O) groups excluding carboxylic acids is 1. The van der Waals surface area contributed by atoms with Crippen molar-refractivity contribution in [2.45, 2.75) is 65.0 Å². The molecule has 1 rings (SSSR count). The molecule has 1 aliphatic carbocycles.